The molecule has 1 aromatic rings. The molecule has 4 nitrogen and oxygen atoms in total. The first-order valence-electron chi connectivity index (χ1n) is 6.76. The summed E-state index contributed by atoms with van der Waals surface area (Å²) in [6.45, 7) is 5.05. The highest BCUT2D eigenvalue weighted by atomic mass is 16.3. The standard InChI is InChI=1S/C15H23NO3/c1-11(2)4-3-9-16-15(19)8-6-12-5-7-13(17)14(18)10-12/h5,7,10-11,17-18H,3-4,6,8-9H2,1-2H3,(H,16,19). The Labute approximate surface area is 114 Å². The summed E-state index contributed by atoms with van der Waals surface area (Å²) < 4.78 is 0. The molecule has 0 fully saturated rings. The zero-order chi connectivity index (χ0) is 14.3. The third-order valence-corrected chi connectivity index (χ3v) is 2.96. The number of phenolic OH excluding ortho intramolecular Hbond substituents is 2. The van der Waals surface area contributed by atoms with E-state index in [2.05, 4.69) is 19.2 Å². The molecule has 0 atom stereocenters. The predicted molar refractivity (Wildman–Crippen MR) is 75.2 cm³/mol. The first-order valence-corrected chi connectivity index (χ1v) is 6.76. The fraction of sp³-hybridized carbons (Fsp3) is 0.533. The minimum atomic E-state index is -0.144. The van der Waals surface area contributed by atoms with E-state index in [-0.39, 0.29) is 17.4 Å². The largest absolute Gasteiger partial charge is 0.504 e. The maximum atomic E-state index is 11.6. The number of rotatable bonds is 7. The third-order valence-electron chi connectivity index (χ3n) is 2.96. The summed E-state index contributed by atoms with van der Waals surface area (Å²) in [5.41, 5.74) is 0.840. The van der Waals surface area contributed by atoms with E-state index < -0.39 is 0 Å². The number of carbonyl (C=O) groups excluding carboxylic acids is 1. The van der Waals surface area contributed by atoms with Crippen LogP contribution in [0, 0.1) is 5.92 Å². The van der Waals surface area contributed by atoms with Crippen LogP contribution in [0.3, 0.4) is 0 Å². The fourth-order valence-electron chi connectivity index (χ4n) is 1.81. The molecule has 0 aromatic heterocycles. The van der Waals surface area contributed by atoms with Crippen molar-refractivity contribution in [2.45, 2.75) is 39.5 Å². The Balaban J connectivity index is 2.24. The van der Waals surface area contributed by atoms with Crippen molar-refractivity contribution in [3.63, 3.8) is 0 Å². The van der Waals surface area contributed by atoms with Crippen LogP contribution in [-0.4, -0.2) is 22.7 Å². The first-order chi connectivity index (χ1) is 8.99. The number of aromatic hydroxyl groups is 2. The van der Waals surface area contributed by atoms with Gasteiger partial charge in [0, 0.05) is 13.0 Å². The van der Waals surface area contributed by atoms with Gasteiger partial charge in [0.1, 0.15) is 0 Å². The molecule has 0 bridgehead atoms. The van der Waals surface area contributed by atoms with Gasteiger partial charge in [-0.15, -0.1) is 0 Å². The summed E-state index contributed by atoms with van der Waals surface area (Å²) in [5, 5.41) is 21.4. The van der Waals surface area contributed by atoms with Crippen molar-refractivity contribution in [3.8, 4) is 11.5 Å². The highest BCUT2D eigenvalue weighted by Crippen LogP contribution is 2.25. The predicted octanol–water partition coefficient (Wildman–Crippen LogP) is 2.58. The smallest absolute Gasteiger partial charge is 0.220 e. The molecule has 0 radical (unpaired) electrons. The van der Waals surface area contributed by atoms with E-state index in [0.717, 1.165) is 24.9 Å². The Bertz CT molecular complexity index is 416. The molecule has 3 N–H and O–H groups in total. The number of nitrogens with one attached hydrogen (secondary N) is 1. The molecule has 1 aromatic carbocycles. The molecule has 4 heteroatoms. The van der Waals surface area contributed by atoms with Gasteiger partial charge in [-0.1, -0.05) is 19.9 Å². The molecular formula is C15H23NO3. The molecule has 1 rings (SSSR count). The van der Waals surface area contributed by atoms with E-state index in [1.807, 2.05) is 0 Å². The van der Waals surface area contributed by atoms with Crippen LogP contribution in [0.5, 0.6) is 11.5 Å². The summed E-state index contributed by atoms with van der Waals surface area (Å²) in [5.74, 6) is 0.407. The molecule has 106 valence electrons. The van der Waals surface area contributed by atoms with Gasteiger partial charge in [-0.3, -0.25) is 4.79 Å². The van der Waals surface area contributed by atoms with Crippen LogP contribution in [0.2, 0.25) is 0 Å². The van der Waals surface area contributed by atoms with Gasteiger partial charge in [-0.25, -0.2) is 0 Å². The number of hydrogen-bond donors (Lipinski definition) is 3. The zero-order valence-corrected chi connectivity index (χ0v) is 11.6. The lowest BCUT2D eigenvalue weighted by atomic mass is 10.1. The summed E-state index contributed by atoms with van der Waals surface area (Å²) in [4.78, 5) is 11.6. The Morgan fingerprint density at radius 3 is 2.63 bits per heavy atom. The molecule has 0 aliphatic rings. The van der Waals surface area contributed by atoms with E-state index >= 15 is 0 Å². The summed E-state index contributed by atoms with van der Waals surface area (Å²) in [6, 6.07) is 4.63. The summed E-state index contributed by atoms with van der Waals surface area (Å²) in [6.07, 6.45) is 3.07. The molecule has 0 saturated heterocycles. The molecule has 0 aliphatic heterocycles. The molecule has 0 saturated carbocycles. The van der Waals surface area contributed by atoms with Crippen molar-refractivity contribution in [3.05, 3.63) is 23.8 Å². The monoisotopic (exact) mass is 265 g/mol. The summed E-state index contributed by atoms with van der Waals surface area (Å²) >= 11 is 0. The first kappa shape index (κ1) is 15.3. The second kappa shape index (κ2) is 7.67. The SMILES string of the molecule is CC(C)CCCNC(=O)CCc1ccc(O)c(O)c1. The lowest BCUT2D eigenvalue weighted by Gasteiger charge is -2.07. The van der Waals surface area contributed by atoms with E-state index in [4.69, 9.17) is 0 Å². The topological polar surface area (TPSA) is 69.6 Å². The maximum absolute atomic E-state index is 11.6. The fourth-order valence-corrected chi connectivity index (χ4v) is 1.81. The molecular weight excluding hydrogens is 242 g/mol. The average molecular weight is 265 g/mol. The van der Waals surface area contributed by atoms with E-state index in [9.17, 15) is 15.0 Å². The minimum Gasteiger partial charge on any atom is -0.504 e. The Hall–Kier alpha value is -1.71. The van der Waals surface area contributed by atoms with Gasteiger partial charge in [0.05, 0.1) is 0 Å². The van der Waals surface area contributed by atoms with Crippen molar-refractivity contribution in [2.24, 2.45) is 5.92 Å². The lowest BCUT2D eigenvalue weighted by molar-refractivity contribution is -0.121. The van der Waals surface area contributed by atoms with Crippen LogP contribution >= 0.6 is 0 Å². The average Bonchev–Trinajstić information content (AvgIpc) is 2.36. The molecule has 0 heterocycles. The van der Waals surface area contributed by atoms with Crippen LogP contribution in [0.15, 0.2) is 18.2 Å². The number of carbonyl (C=O) groups is 1. The van der Waals surface area contributed by atoms with Gasteiger partial charge in [0.25, 0.3) is 0 Å². The second-order valence-corrected chi connectivity index (χ2v) is 5.21. The zero-order valence-electron chi connectivity index (χ0n) is 11.6. The normalized spacial score (nSPS) is 10.7. The van der Waals surface area contributed by atoms with Crippen LogP contribution in [0.4, 0.5) is 0 Å². The second-order valence-electron chi connectivity index (χ2n) is 5.21. The minimum absolute atomic E-state index is 0.0244. The van der Waals surface area contributed by atoms with Gasteiger partial charge >= 0.3 is 0 Å². The number of benzene rings is 1. The lowest BCUT2D eigenvalue weighted by Crippen LogP contribution is -2.24. The number of aryl methyl sites for hydroxylation is 1. The third kappa shape index (κ3) is 6.13. The van der Waals surface area contributed by atoms with Crippen LogP contribution in [0.25, 0.3) is 0 Å². The van der Waals surface area contributed by atoms with Gasteiger partial charge in [-0.2, -0.15) is 0 Å². The van der Waals surface area contributed by atoms with Gasteiger partial charge in [-0.05, 0) is 42.9 Å². The molecule has 0 spiro atoms. The van der Waals surface area contributed by atoms with Crippen molar-refractivity contribution in [1.29, 1.82) is 0 Å². The van der Waals surface area contributed by atoms with Crippen molar-refractivity contribution < 1.29 is 15.0 Å². The molecule has 0 unspecified atom stereocenters. The highest BCUT2D eigenvalue weighted by molar-refractivity contribution is 5.76. The number of amides is 1. The van der Waals surface area contributed by atoms with Gasteiger partial charge in [0.15, 0.2) is 11.5 Å². The van der Waals surface area contributed by atoms with E-state index in [1.54, 1.807) is 6.07 Å². The van der Waals surface area contributed by atoms with Gasteiger partial charge < -0.3 is 15.5 Å². The van der Waals surface area contributed by atoms with Crippen molar-refractivity contribution in [1.82, 2.24) is 5.32 Å². The van der Waals surface area contributed by atoms with E-state index in [0.29, 0.717) is 18.8 Å². The van der Waals surface area contributed by atoms with Crippen molar-refractivity contribution in [2.75, 3.05) is 6.54 Å². The quantitative estimate of drug-likeness (QED) is 0.524. The molecule has 19 heavy (non-hydrogen) atoms. The Kier molecular flexibility index (Phi) is 6.19. The van der Waals surface area contributed by atoms with E-state index in [1.165, 1.54) is 12.1 Å². The summed E-state index contributed by atoms with van der Waals surface area (Å²) in [7, 11) is 0. The highest BCUT2D eigenvalue weighted by Gasteiger charge is 2.04. The van der Waals surface area contributed by atoms with Crippen LogP contribution in [0.1, 0.15) is 38.7 Å². The maximum Gasteiger partial charge on any atom is 0.220 e. The molecule has 1 amide bonds. The number of hydrogen-bond acceptors (Lipinski definition) is 3. The van der Waals surface area contributed by atoms with Gasteiger partial charge in [0.2, 0.25) is 5.91 Å². The number of phenols is 2. The Morgan fingerprint density at radius 2 is 2.00 bits per heavy atom. The van der Waals surface area contributed by atoms with Crippen LogP contribution in [-0.2, 0) is 11.2 Å². The van der Waals surface area contributed by atoms with Crippen molar-refractivity contribution >= 4 is 5.91 Å². The van der Waals surface area contributed by atoms with Crippen LogP contribution < -0.4 is 5.32 Å². The Morgan fingerprint density at radius 1 is 1.26 bits per heavy atom. The molecule has 0 aliphatic carbocycles.